The van der Waals surface area contributed by atoms with Gasteiger partial charge in [0.05, 0.1) is 0 Å². The number of hydrogen-bond acceptors (Lipinski definition) is 3. The number of nitrogens with zero attached hydrogens (tertiary/aromatic N) is 2. The molecule has 2 rings (SSSR count). The van der Waals surface area contributed by atoms with Crippen LogP contribution in [0.3, 0.4) is 0 Å². The van der Waals surface area contributed by atoms with E-state index in [2.05, 4.69) is 48.1 Å². The van der Waals surface area contributed by atoms with Crippen molar-refractivity contribution >= 4 is 5.82 Å². The molecule has 1 aromatic rings. The summed E-state index contributed by atoms with van der Waals surface area (Å²) in [5.74, 6) is 2.66. The zero-order chi connectivity index (χ0) is 13.7. The quantitative estimate of drug-likeness (QED) is 0.880. The van der Waals surface area contributed by atoms with Crippen molar-refractivity contribution in [3.63, 3.8) is 0 Å². The molecule has 1 saturated heterocycles. The molecule has 2 unspecified atom stereocenters. The van der Waals surface area contributed by atoms with E-state index in [9.17, 15) is 0 Å². The van der Waals surface area contributed by atoms with Gasteiger partial charge in [0.15, 0.2) is 0 Å². The molecule has 2 heterocycles. The first-order valence-electron chi connectivity index (χ1n) is 7.58. The van der Waals surface area contributed by atoms with Crippen LogP contribution in [0.5, 0.6) is 0 Å². The fourth-order valence-electron chi connectivity index (χ4n) is 3.10. The molecule has 0 aromatic carbocycles. The number of aromatic nitrogens is 1. The van der Waals surface area contributed by atoms with E-state index in [1.54, 1.807) is 0 Å². The molecule has 3 nitrogen and oxygen atoms in total. The van der Waals surface area contributed by atoms with Gasteiger partial charge in [-0.15, -0.1) is 0 Å². The summed E-state index contributed by atoms with van der Waals surface area (Å²) in [4.78, 5) is 6.95. The van der Waals surface area contributed by atoms with Crippen molar-refractivity contribution in [1.29, 1.82) is 0 Å². The molecule has 0 radical (unpaired) electrons. The third kappa shape index (κ3) is 4.50. The Labute approximate surface area is 117 Å². The molecule has 1 fully saturated rings. The first kappa shape index (κ1) is 14.3. The van der Waals surface area contributed by atoms with E-state index in [-0.39, 0.29) is 0 Å². The van der Waals surface area contributed by atoms with Crippen LogP contribution in [0.2, 0.25) is 0 Å². The molecule has 1 aliphatic rings. The minimum absolute atomic E-state index is 0.822. The van der Waals surface area contributed by atoms with Crippen molar-refractivity contribution in [3.8, 4) is 0 Å². The smallest absolute Gasteiger partial charge is 0.126 e. The maximum atomic E-state index is 4.37. The second kappa shape index (κ2) is 6.90. The van der Waals surface area contributed by atoms with Crippen molar-refractivity contribution in [3.05, 3.63) is 23.9 Å². The van der Waals surface area contributed by atoms with Gasteiger partial charge in [-0.3, -0.25) is 4.90 Å². The van der Waals surface area contributed by atoms with Crippen LogP contribution in [0.15, 0.2) is 18.3 Å². The Morgan fingerprint density at radius 2 is 2.05 bits per heavy atom. The van der Waals surface area contributed by atoms with E-state index in [1.807, 2.05) is 6.20 Å². The number of likely N-dealkylation sites (tertiary alicyclic amines) is 1. The monoisotopic (exact) mass is 261 g/mol. The Morgan fingerprint density at radius 3 is 2.74 bits per heavy atom. The van der Waals surface area contributed by atoms with Crippen LogP contribution in [0.4, 0.5) is 5.82 Å². The predicted molar refractivity (Wildman–Crippen MR) is 81.2 cm³/mol. The summed E-state index contributed by atoms with van der Waals surface area (Å²) in [6, 6.07) is 4.33. The van der Waals surface area contributed by atoms with E-state index >= 15 is 0 Å². The number of rotatable bonds is 5. The minimum Gasteiger partial charge on any atom is -0.370 e. The molecule has 0 bridgehead atoms. The molecule has 106 valence electrons. The summed E-state index contributed by atoms with van der Waals surface area (Å²) in [7, 11) is 0. The summed E-state index contributed by atoms with van der Waals surface area (Å²) >= 11 is 0. The lowest BCUT2D eigenvalue weighted by Gasteiger charge is -2.35. The molecule has 3 heteroatoms. The number of nitrogens with one attached hydrogen (secondary N) is 1. The molecule has 0 amide bonds. The molecule has 2 atom stereocenters. The van der Waals surface area contributed by atoms with Gasteiger partial charge in [-0.05, 0) is 42.4 Å². The molecule has 1 aromatic heterocycles. The minimum atomic E-state index is 0.822. The molecule has 0 saturated carbocycles. The van der Waals surface area contributed by atoms with Crippen LogP contribution in [-0.4, -0.2) is 29.5 Å². The highest BCUT2D eigenvalue weighted by Crippen LogP contribution is 2.22. The summed E-state index contributed by atoms with van der Waals surface area (Å²) < 4.78 is 0. The molecule has 1 N–H and O–H groups in total. The molecular formula is C16H27N3. The first-order valence-corrected chi connectivity index (χ1v) is 7.58. The highest BCUT2D eigenvalue weighted by molar-refractivity contribution is 5.37. The first-order chi connectivity index (χ1) is 9.17. The van der Waals surface area contributed by atoms with Crippen molar-refractivity contribution in [2.45, 2.75) is 40.2 Å². The van der Waals surface area contributed by atoms with Crippen LogP contribution in [0.25, 0.3) is 0 Å². The molecule has 1 aliphatic heterocycles. The van der Waals surface area contributed by atoms with Crippen molar-refractivity contribution in [2.75, 3.05) is 25.0 Å². The molecule has 0 spiro atoms. The normalized spacial score (nSPS) is 24.4. The third-order valence-electron chi connectivity index (χ3n) is 3.73. The van der Waals surface area contributed by atoms with Crippen LogP contribution in [0.1, 0.15) is 39.2 Å². The standard InChI is InChI=1S/C16H27N3/c1-4-6-17-16-9-15(5-7-18-16)12-19-10-13(2)8-14(3)11-19/h5,7,9,13-14H,4,6,8,10-12H2,1-3H3,(H,17,18). The molecule has 19 heavy (non-hydrogen) atoms. The number of anilines is 1. The number of hydrogen-bond donors (Lipinski definition) is 1. The van der Waals surface area contributed by atoms with Gasteiger partial charge in [-0.25, -0.2) is 4.98 Å². The lowest BCUT2D eigenvalue weighted by molar-refractivity contribution is 0.134. The van der Waals surface area contributed by atoms with Crippen molar-refractivity contribution < 1.29 is 0 Å². The SMILES string of the molecule is CCCNc1cc(CN2CC(C)CC(C)C2)ccn1. The Hall–Kier alpha value is -1.09. The highest BCUT2D eigenvalue weighted by Gasteiger charge is 2.21. The van der Waals surface area contributed by atoms with Gasteiger partial charge in [0.25, 0.3) is 0 Å². The van der Waals surface area contributed by atoms with Crippen LogP contribution < -0.4 is 5.32 Å². The predicted octanol–water partition coefficient (Wildman–Crippen LogP) is 3.38. The number of pyridine rings is 1. The Kier molecular flexibility index (Phi) is 5.20. The Bertz CT molecular complexity index is 381. The van der Waals surface area contributed by atoms with E-state index < -0.39 is 0 Å². The molecular weight excluding hydrogens is 234 g/mol. The second-order valence-electron chi connectivity index (χ2n) is 6.12. The number of piperidine rings is 1. The van der Waals surface area contributed by atoms with Gasteiger partial charge in [0, 0.05) is 32.4 Å². The topological polar surface area (TPSA) is 28.2 Å². The second-order valence-corrected chi connectivity index (χ2v) is 6.12. The maximum absolute atomic E-state index is 4.37. The lowest BCUT2D eigenvalue weighted by Crippen LogP contribution is -2.38. The lowest BCUT2D eigenvalue weighted by atomic mass is 9.91. The zero-order valence-corrected chi connectivity index (χ0v) is 12.5. The van der Waals surface area contributed by atoms with Crippen molar-refractivity contribution in [2.24, 2.45) is 11.8 Å². The maximum Gasteiger partial charge on any atom is 0.126 e. The third-order valence-corrected chi connectivity index (χ3v) is 3.73. The summed E-state index contributed by atoms with van der Waals surface area (Å²) in [5, 5.41) is 3.36. The van der Waals surface area contributed by atoms with Gasteiger partial charge < -0.3 is 5.32 Å². The average molecular weight is 261 g/mol. The molecule has 0 aliphatic carbocycles. The van der Waals surface area contributed by atoms with Gasteiger partial charge in [0.1, 0.15) is 5.82 Å². The fraction of sp³-hybridized carbons (Fsp3) is 0.688. The Morgan fingerprint density at radius 1 is 1.32 bits per heavy atom. The highest BCUT2D eigenvalue weighted by atomic mass is 15.1. The average Bonchev–Trinajstić information content (AvgIpc) is 2.35. The fourth-order valence-corrected chi connectivity index (χ4v) is 3.10. The van der Waals surface area contributed by atoms with E-state index in [0.717, 1.165) is 37.2 Å². The van der Waals surface area contributed by atoms with Gasteiger partial charge in [0.2, 0.25) is 0 Å². The summed E-state index contributed by atoms with van der Waals surface area (Å²) in [5.41, 5.74) is 1.37. The summed E-state index contributed by atoms with van der Waals surface area (Å²) in [6.45, 7) is 11.4. The van der Waals surface area contributed by atoms with Crippen LogP contribution in [0, 0.1) is 11.8 Å². The van der Waals surface area contributed by atoms with E-state index in [4.69, 9.17) is 0 Å². The van der Waals surface area contributed by atoms with E-state index in [0.29, 0.717) is 0 Å². The largest absolute Gasteiger partial charge is 0.370 e. The van der Waals surface area contributed by atoms with Crippen molar-refractivity contribution in [1.82, 2.24) is 9.88 Å². The van der Waals surface area contributed by atoms with Crippen LogP contribution >= 0.6 is 0 Å². The van der Waals surface area contributed by atoms with Gasteiger partial charge >= 0.3 is 0 Å². The Balaban J connectivity index is 1.94. The van der Waals surface area contributed by atoms with Gasteiger partial charge in [-0.1, -0.05) is 20.8 Å². The van der Waals surface area contributed by atoms with E-state index in [1.165, 1.54) is 25.1 Å². The summed E-state index contributed by atoms with van der Waals surface area (Å²) in [6.07, 6.45) is 4.42. The zero-order valence-electron chi connectivity index (χ0n) is 12.5. The van der Waals surface area contributed by atoms with Gasteiger partial charge in [-0.2, -0.15) is 0 Å². The van der Waals surface area contributed by atoms with Crippen LogP contribution in [-0.2, 0) is 6.54 Å².